The fourth-order valence-corrected chi connectivity index (χ4v) is 1.20. The molecule has 1 rings (SSSR count). The normalized spacial score (nSPS) is 10.0. The van der Waals surface area contributed by atoms with Gasteiger partial charge >= 0.3 is 0 Å². The molecule has 7 heteroatoms. The fraction of sp³-hybridized carbons (Fsp3) is 0.375. The van der Waals surface area contributed by atoms with Crippen LogP contribution in [0.2, 0.25) is 0 Å². The van der Waals surface area contributed by atoms with Crippen LogP contribution < -0.4 is 11.5 Å². The van der Waals surface area contributed by atoms with Crippen molar-refractivity contribution in [3.63, 3.8) is 0 Å². The molecule has 0 saturated carbocycles. The number of hydrogen-bond acceptors (Lipinski definition) is 4. The summed E-state index contributed by atoms with van der Waals surface area (Å²) < 4.78 is 1.36. The van der Waals surface area contributed by atoms with E-state index in [1.807, 2.05) is 0 Å². The number of anilines is 1. The van der Waals surface area contributed by atoms with Crippen LogP contribution in [0.5, 0.6) is 0 Å². The summed E-state index contributed by atoms with van der Waals surface area (Å²) >= 11 is 0. The molecule has 7 nitrogen and oxygen atoms in total. The molecule has 2 amide bonds. The molecule has 0 aliphatic heterocycles. The highest BCUT2D eigenvalue weighted by Crippen LogP contribution is 2.11. The van der Waals surface area contributed by atoms with Gasteiger partial charge in [-0.1, -0.05) is 0 Å². The molecule has 15 heavy (non-hydrogen) atoms. The molecule has 0 atom stereocenters. The molecule has 82 valence electrons. The lowest BCUT2D eigenvalue weighted by Crippen LogP contribution is -2.36. The number of rotatable bonds is 3. The monoisotopic (exact) mass is 211 g/mol. The molecular weight excluding hydrogens is 198 g/mol. The van der Waals surface area contributed by atoms with Crippen molar-refractivity contribution in [2.75, 3.05) is 19.3 Å². The smallest absolute Gasteiger partial charge is 0.274 e. The van der Waals surface area contributed by atoms with Crippen molar-refractivity contribution in [2.45, 2.75) is 0 Å². The Morgan fingerprint density at radius 1 is 1.60 bits per heavy atom. The minimum absolute atomic E-state index is 0.149. The summed E-state index contributed by atoms with van der Waals surface area (Å²) in [4.78, 5) is 23.6. The number of carbonyl (C=O) groups excluding carboxylic acids is 2. The predicted octanol–water partition coefficient (Wildman–Crippen LogP) is -1.44. The van der Waals surface area contributed by atoms with Gasteiger partial charge < -0.3 is 16.4 Å². The van der Waals surface area contributed by atoms with Crippen LogP contribution in [0.1, 0.15) is 10.5 Å². The fourth-order valence-electron chi connectivity index (χ4n) is 1.20. The quantitative estimate of drug-likeness (QED) is 0.638. The SMILES string of the molecule is CN(CC(N)=O)C(=O)c1c(N)cnn1C. The molecule has 0 aliphatic rings. The van der Waals surface area contributed by atoms with E-state index in [2.05, 4.69) is 5.10 Å². The third kappa shape index (κ3) is 2.25. The maximum absolute atomic E-state index is 11.8. The average Bonchev–Trinajstić information content (AvgIpc) is 2.44. The van der Waals surface area contributed by atoms with Crippen molar-refractivity contribution < 1.29 is 9.59 Å². The third-order valence-electron chi connectivity index (χ3n) is 1.91. The molecule has 0 aliphatic carbocycles. The molecule has 0 saturated heterocycles. The highest BCUT2D eigenvalue weighted by molar-refractivity contribution is 5.98. The molecule has 0 bridgehead atoms. The van der Waals surface area contributed by atoms with Crippen LogP contribution in [0.4, 0.5) is 5.69 Å². The Morgan fingerprint density at radius 3 is 2.60 bits per heavy atom. The van der Waals surface area contributed by atoms with Crippen molar-refractivity contribution in [3.05, 3.63) is 11.9 Å². The second-order valence-corrected chi connectivity index (χ2v) is 3.20. The topological polar surface area (TPSA) is 107 Å². The maximum Gasteiger partial charge on any atom is 0.274 e. The van der Waals surface area contributed by atoms with Gasteiger partial charge in [-0.25, -0.2) is 0 Å². The lowest BCUT2D eigenvalue weighted by Gasteiger charge is -2.15. The Labute approximate surface area is 86.6 Å². The first-order valence-corrected chi connectivity index (χ1v) is 4.24. The maximum atomic E-state index is 11.8. The van der Waals surface area contributed by atoms with Crippen LogP contribution in [0.15, 0.2) is 6.20 Å². The van der Waals surface area contributed by atoms with E-state index in [-0.39, 0.29) is 23.8 Å². The molecule has 0 fully saturated rings. The number of nitrogens with two attached hydrogens (primary N) is 2. The van der Waals surface area contributed by atoms with Crippen molar-refractivity contribution in [1.82, 2.24) is 14.7 Å². The summed E-state index contributed by atoms with van der Waals surface area (Å²) in [6.07, 6.45) is 1.38. The van der Waals surface area contributed by atoms with Crippen LogP contribution in [0, 0.1) is 0 Å². The summed E-state index contributed by atoms with van der Waals surface area (Å²) in [6, 6.07) is 0. The Bertz CT molecular complexity index is 378. The molecule has 0 unspecified atom stereocenters. The minimum atomic E-state index is -0.577. The van der Waals surface area contributed by atoms with Gasteiger partial charge in [0.1, 0.15) is 5.69 Å². The number of aryl methyl sites for hydroxylation is 1. The zero-order valence-electron chi connectivity index (χ0n) is 8.60. The Hall–Kier alpha value is -2.05. The number of amides is 2. The number of carbonyl (C=O) groups is 2. The highest BCUT2D eigenvalue weighted by atomic mass is 16.2. The largest absolute Gasteiger partial charge is 0.396 e. The zero-order chi connectivity index (χ0) is 11.6. The van der Waals surface area contributed by atoms with Crippen molar-refractivity contribution >= 4 is 17.5 Å². The standard InChI is InChI=1S/C8H13N5O2/c1-12(4-6(10)14)8(15)7-5(9)3-11-13(7)2/h3H,4,9H2,1-2H3,(H2,10,14). The van der Waals surface area contributed by atoms with Gasteiger partial charge in [-0.3, -0.25) is 14.3 Å². The summed E-state index contributed by atoms with van der Waals surface area (Å²) in [5.74, 6) is -0.960. The molecule has 1 aromatic rings. The lowest BCUT2D eigenvalue weighted by molar-refractivity contribution is -0.118. The molecule has 1 heterocycles. The Kier molecular flexibility index (Phi) is 2.93. The third-order valence-corrected chi connectivity index (χ3v) is 1.91. The number of primary amides is 1. The van der Waals surface area contributed by atoms with Gasteiger partial charge in [-0.15, -0.1) is 0 Å². The van der Waals surface area contributed by atoms with E-state index in [1.165, 1.54) is 22.8 Å². The second kappa shape index (κ2) is 3.99. The molecule has 0 aromatic carbocycles. The van der Waals surface area contributed by atoms with Gasteiger partial charge in [-0.2, -0.15) is 5.10 Å². The van der Waals surface area contributed by atoms with Crippen LogP contribution in [-0.2, 0) is 11.8 Å². The number of likely N-dealkylation sites (N-methyl/N-ethyl adjacent to an activating group) is 1. The number of aromatic nitrogens is 2. The molecule has 4 N–H and O–H groups in total. The van der Waals surface area contributed by atoms with Gasteiger partial charge in [-0.05, 0) is 0 Å². The number of hydrogen-bond donors (Lipinski definition) is 2. The minimum Gasteiger partial charge on any atom is -0.396 e. The molecule has 0 radical (unpaired) electrons. The van der Waals surface area contributed by atoms with Crippen LogP contribution in [0.3, 0.4) is 0 Å². The Balaban J connectivity index is 2.89. The van der Waals surface area contributed by atoms with Crippen molar-refractivity contribution in [1.29, 1.82) is 0 Å². The van der Waals surface area contributed by atoms with Crippen LogP contribution in [0.25, 0.3) is 0 Å². The highest BCUT2D eigenvalue weighted by Gasteiger charge is 2.19. The van der Waals surface area contributed by atoms with Gasteiger partial charge in [0.15, 0.2) is 0 Å². The van der Waals surface area contributed by atoms with E-state index in [1.54, 1.807) is 7.05 Å². The zero-order valence-corrected chi connectivity index (χ0v) is 8.60. The average molecular weight is 211 g/mol. The summed E-state index contributed by atoms with van der Waals surface area (Å²) in [5.41, 5.74) is 11.1. The first kappa shape index (κ1) is 11.0. The van der Waals surface area contributed by atoms with E-state index in [4.69, 9.17) is 11.5 Å². The van der Waals surface area contributed by atoms with E-state index in [0.29, 0.717) is 0 Å². The summed E-state index contributed by atoms with van der Waals surface area (Å²) in [6.45, 7) is -0.149. The van der Waals surface area contributed by atoms with Gasteiger partial charge in [0.2, 0.25) is 5.91 Å². The second-order valence-electron chi connectivity index (χ2n) is 3.20. The van der Waals surface area contributed by atoms with Crippen molar-refractivity contribution in [2.24, 2.45) is 12.8 Å². The van der Waals surface area contributed by atoms with Gasteiger partial charge in [0.25, 0.3) is 5.91 Å². The predicted molar refractivity (Wildman–Crippen MR) is 53.8 cm³/mol. The Morgan fingerprint density at radius 2 is 2.20 bits per heavy atom. The van der Waals surface area contributed by atoms with E-state index in [0.717, 1.165) is 0 Å². The first-order chi connectivity index (χ1) is 6.93. The summed E-state index contributed by atoms with van der Waals surface area (Å²) in [7, 11) is 3.07. The molecule has 0 spiro atoms. The summed E-state index contributed by atoms with van der Waals surface area (Å²) in [5, 5.41) is 3.83. The molecular formula is C8H13N5O2. The van der Waals surface area contributed by atoms with E-state index < -0.39 is 5.91 Å². The number of nitrogens with zero attached hydrogens (tertiary/aromatic N) is 3. The van der Waals surface area contributed by atoms with Gasteiger partial charge in [0.05, 0.1) is 18.4 Å². The molecule has 1 aromatic heterocycles. The van der Waals surface area contributed by atoms with Gasteiger partial charge in [0, 0.05) is 14.1 Å². The van der Waals surface area contributed by atoms with Crippen LogP contribution >= 0.6 is 0 Å². The number of nitrogen functional groups attached to an aromatic ring is 1. The van der Waals surface area contributed by atoms with Crippen molar-refractivity contribution in [3.8, 4) is 0 Å². The first-order valence-electron chi connectivity index (χ1n) is 4.24. The lowest BCUT2D eigenvalue weighted by atomic mass is 10.3. The van der Waals surface area contributed by atoms with Crippen LogP contribution in [-0.4, -0.2) is 40.1 Å². The van der Waals surface area contributed by atoms with E-state index in [9.17, 15) is 9.59 Å². The van der Waals surface area contributed by atoms with E-state index >= 15 is 0 Å².